The average molecular weight is 337 g/mol. The van der Waals surface area contributed by atoms with E-state index in [9.17, 15) is 0 Å². The average Bonchev–Trinajstić information content (AvgIpc) is 2.61. The molecule has 0 fully saturated rings. The number of hydrogen-bond acceptors (Lipinski definition) is 3. The fourth-order valence-corrected chi connectivity index (χ4v) is 2.36. The van der Waals surface area contributed by atoms with Crippen LogP contribution in [0.25, 0.3) is 0 Å². The Hall–Kier alpha value is -2.82. The zero-order valence-corrected chi connectivity index (χ0v) is 14.8. The number of rotatable bonds is 8. The van der Waals surface area contributed by atoms with Gasteiger partial charge in [-0.25, -0.2) is 0 Å². The molecule has 0 aliphatic rings. The van der Waals surface area contributed by atoms with Gasteiger partial charge in [-0.15, -0.1) is 0 Å². The van der Waals surface area contributed by atoms with Gasteiger partial charge >= 0.3 is 0 Å². The Labute approximate surface area is 149 Å². The first-order valence-corrected chi connectivity index (χ1v) is 8.59. The summed E-state index contributed by atoms with van der Waals surface area (Å²) < 4.78 is 0. The molecule has 0 radical (unpaired) electrons. The zero-order valence-electron chi connectivity index (χ0n) is 14.8. The molecule has 0 amide bonds. The van der Waals surface area contributed by atoms with Gasteiger partial charge in [-0.2, -0.15) is 0 Å². The van der Waals surface area contributed by atoms with Crippen LogP contribution in [-0.4, -0.2) is 24.8 Å². The number of aliphatic imine (C=N–C) groups is 2. The van der Waals surface area contributed by atoms with Crippen molar-refractivity contribution in [2.45, 2.75) is 26.2 Å². The number of benzene rings is 2. The summed E-state index contributed by atoms with van der Waals surface area (Å²) in [6, 6.07) is 15.5. The fraction of sp³-hybridized carbons (Fsp3) is 0.300. The molecule has 2 aromatic rings. The molecule has 0 atom stereocenters. The van der Waals surface area contributed by atoms with Crippen molar-refractivity contribution >= 4 is 17.4 Å². The van der Waals surface area contributed by atoms with Gasteiger partial charge in [-0.1, -0.05) is 29.8 Å². The Balaban J connectivity index is 1.67. The summed E-state index contributed by atoms with van der Waals surface area (Å²) in [6.45, 7) is 3.50. The minimum Gasteiger partial charge on any atom is -0.399 e. The van der Waals surface area contributed by atoms with Gasteiger partial charge in [0.05, 0.1) is 0 Å². The number of nitrogens with zero attached hydrogens (tertiary/aromatic N) is 2. The van der Waals surface area contributed by atoms with E-state index in [4.69, 9.17) is 17.2 Å². The second-order valence-corrected chi connectivity index (χ2v) is 6.08. The van der Waals surface area contributed by atoms with E-state index in [1.165, 1.54) is 5.56 Å². The van der Waals surface area contributed by atoms with Crippen molar-refractivity contribution < 1.29 is 0 Å². The Bertz CT molecular complexity index is 651. The Morgan fingerprint density at radius 2 is 1.16 bits per heavy atom. The van der Waals surface area contributed by atoms with Gasteiger partial charge in [-0.3, -0.25) is 9.98 Å². The molecule has 0 unspecified atom stereocenters. The lowest BCUT2D eigenvalue weighted by Crippen LogP contribution is -2.14. The Morgan fingerprint density at radius 1 is 0.720 bits per heavy atom. The molecule has 5 heteroatoms. The first kappa shape index (κ1) is 18.5. The summed E-state index contributed by atoms with van der Waals surface area (Å²) in [5, 5.41) is 0. The van der Waals surface area contributed by atoms with Crippen molar-refractivity contribution in [2.75, 3.05) is 18.8 Å². The molecular formula is C20H27N5. The van der Waals surface area contributed by atoms with Gasteiger partial charge in [-0.05, 0) is 50.5 Å². The van der Waals surface area contributed by atoms with E-state index in [1.807, 2.05) is 48.5 Å². The number of hydrogen-bond donors (Lipinski definition) is 3. The summed E-state index contributed by atoms with van der Waals surface area (Å²) in [5.74, 6) is 1.16. The van der Waals surface area contributed by atoms with Crippen LogP contribution >= 0.6 is 0 Å². The van der Waals surface area contributed by atoms with Gasteiger partial charge in [0.2, 0.25) is 0 Å². The largest absolute Gasteiger partial charge is 0.399 e. The normalized spacial score (nSPS) is 12.4. The van der Waals surface area contributed by atoms with Gasteiger partial charge in [0.15, 0.2) is 0 Å². The molecule has 0 aliphatic heterocycles. The van der Waals surface area contributed by atoms with Crippen LogP contribution in [0.2, 0.25) is 0 Å². The highest BCUT2D eigenvalue weighted by Crippen LogP contribution is 2.06. The third-order valence-electron chi connectivity index (χ3n) is 3.93. The third-order valence-corrected chi connectivity index (χ3v) is 3.93. The molecule has 0 aliphatic carbocycles. The van der Waals surface area contributed by atoms with Gasteiger partial charge in [0, 0.05) is 29.9 Å². The minimum absolute atomic E-state index is 0.557. The monoisotopic (exact) mass is 337 g/mol. The molecule has 6 N–H and O–H groups in total. The van der Waals surface area contributed by atoms with Crippen LogP contribution < -0.4 is 17.2 Å². The zero-order chi connectivity index (χ0) is 18.1. The maximum Gasteiger partial charge on any atom is 0.125 e. The van der Waals surface area contributed by atoms with E-state index in [0.29, 0.717) is 18.2 Å². The predicted molar refractivity (Wildman–Crippen MR) is 107 cm³/mol. The molecule has 2 rings (SSSR count). The lowest BCUT2D eigenvalue weighted by molar-refractivity contribution is 0.696. The molecule has 0 aromatic heterocycles. The third kappa shape index (κ3) is 6.30. The number of unbranched alkanes of at least 4 members (excludes halogenated alkanes) is 2. The number of amidine groups is 2. The van der Waals surface area contributed by atoms with Crippen LogP contribution in [0.1, 0.15) is 36.0 Å². The second kappa shape index (κ2) is 9.47. The van der Waals surface area contributed by atoms with Crippen molar-refractivity contribution in [2.24, 2.45) is 21.5 Å². The van der Waals surface area contributed by atoms with E-state index in [0.717, 1.165) is 42.6 Å². The van der Waals surface area contributed by atoms with Crippen molar-refractivity contribution in [3.63, 3.8) is 0 Å². The summed E-state index contributed by atoms with van der Waals surface area (Å²) >= 11 is 0. The highest BCUT2D eigenvalue weighted by Gasteiger charge is 1.98. The van der Waals surface area contributed by atoms with Crippen LogP contribution in [-0.2, 0) is 0 Å². The van der Waals surface area contributed by atoms with Crippen molar-refractivity contribution in [1.29, 1.82) is 0 Å². The van der Waals surface area contributed by atoms with E-state index in [2.05, 4.69) is 16.9 Å². The Morgan fingerprint density at radius 3 is 1.64 bits per heavy atom. The molecule has 2 aromatic carbocycles. The summed E-state index contributed by atoms with van der Waals surface area (Å²) in [6.07, 6.45) is 3.02. The maximum absolute atomic E-state index is 6.00. The highest BCUT2D eigenvalue weighted by atomic mass is 14.9. The number of anilines is 1. The molecule has 0 saturated carbocycles. The Kier molecular flexibility index (Phi) is 7.01. The number of aryl methyl sites for hydroxylation is 1. The molecule has 0 saturated heterocycles. The molecule has 0 bridgehead atoms. The van der Waals surface area contributed by atoms with Crippen molar-refractivity contribution in [3.05, 3.63) is 65.2 Å². The quantitative estimate of drug-likeness (QED) is 0.299. The molecular weight excluding hydrogens is 310 g/mol. The van der Waals surface area contributed by atoms with Crippen molar-refractivity contribution in [3.8, 4) is 0 Å². The summed E-state index contributed by atoms with van der Waals surface area (Å²) in [5.41, 5.74) is 21.5. The van der Waals surface area contributed by atoms with E-state index >= 15 is 0 Å². The number of nitrogen functional groups attached to an aromatic ring is 1. The first-order chi connectivity index (χ1) is 12.1. The van der Waals surface area contributed by atoms with Crippen LogP contribution in [0.3, 0.4) is 0 Å². The van der Waals surface area contributed by atoms with Crippen molar-refractivity contribution in [1.82, 2.24) is 0 Å². The number of nitrogens with two attached hydrogens (primary N) is 3. The minimum atomic E-state index is 0.557. The predicted octanol–water partition coefficient (Wildman–Crippen LogP) is 2.86. The SMILES string of the molecule is Cc1ccc(C(N)=NCCCCCN=C(N)c2ccc(N)cc2)cc1. The lowest BCUT2D eigenvalue weighted by atomic mass is 10.1. The molecule has 132 valence electrons. The fourth-order valence-electron chi connectivity index (χ4n) is 2.36. The molecule has 25 heavy (non-hydrogen) atoms. The summed E-state index contributed by atoms with van der Waals surface area (Å²) in [7, 11) is 0. The first-order valence-electron chi connectivity index (χ1n) is 8.59. The van der Waals surface area contributed by atoms with Gasteiger partial charge in [0.1, 0.15) is 11.7 Å². The maximum atomic E-state index is 6.00. The van der Waals surface area contributed by atoms with E-state index < -0.39 is 0 Å². The van der Waals surface area contributed by atoms with E-state index in [-0.39, 0.29) is 0 Å². The lowest BCUT2D eigenvalue weighted by Gasteiger charge is -2.03. The van der Waals surface area contributed by atoms with Crippen LogP contribution in [0.4, 0.5) is 5.69 Å². The summed E-state index contributed by atoms with van der Waals surface area (Å²) in [4.78, 5) is 8.84. The van der Waals surface area contributed by atoms with Crippen LogP contribution in [0.5, 0.6) is 0 Å². The standard InChI is InChI=1S/C20H27N5/c1-15-5-7-16(8-6-15)19(22)24-13-3-2-4-14-25-20(23)17-9-11-18(21)12-10-17/h5-12H,2-4,13-14,21H2,1H3,(H2,22,24)(H2,23,25). The molecule has 0 spiro atoms. The molecule has 5 nitrogen and oxygen atoms in total. The topological polar surface area (TPSA) is 103 Å². The van der Waals surface area contributed by atoms with Crippen LogP contribution in [0.15, 0.2) is 58.5 Å². The van der Waals surface area contributed by atoms with Gasteiger partial charge < -0.3 is 17.2 Å². The van der Waals surface area contributed by atoms with Crippen LogP contribution in [0, 0.1) is 6.92 Å². The van der Waals surface area contributed by atoms with E-state index in [1.54, 1.807) is 0 Å². The van der Waals surface area contributed by atoms with Gasteiger partial charge in [0.25, 0.3) is 0 Å². The smallest absolute Gasteiger partial charge is 0.125 e. The molecule has 0 heterocycles. The second-order valence-electron chi connectivity index (χ2n) is 6.08. The highest BCUT2D eigenvalue weighted by molar-refractivity contribution is 5.98.